The molecule has 2 aliphatic rings. The lowest BCUT2D eigenvalue weighted by Gasteiger charge is -2.43. The van der Waals surface area contributed by atoms with Gasteiger partial charge in [-0.1, -0.05) is 67.7 Å². The van der Waals surface area contributed by atoms with Crippen LogP contribution in [0.3, 0.4) is 0 Å². The highest BCUT2D eigenvalue weighted by molar-refractivity contribution is 6.97. The maximum absolute atomic E-state index is 2.54. The third-order valence-electron chi connectivity index (χ3n) is 5.70. The fourth-order valence-electron chi connectivity index (χ4n) is 5.82. The highest BCUT2D eigenvalue weighted by Crippen LogP contribution is 2.82. The van der Waals surface area contributed by atoms with E-state index in [2.05, 4.69) is 48.5 Å². The summed E-state index contributed by atoms with van der Waals surface area (Å²) < 4.78 is 0. The highest BCUT2D eigenvalue weighted by atomic mass is 28.3. The molecule has 0 aromatic carbocycles. The van der Waals surface area contributed by atoms with Crippen LogP contribution in [0.25, 0.3) is 0 Å². The Kier molecular flexibility index (Phi) is 2.67. The fourth-order valence-corrected chi connectivity index (χ4v) is 16.0. The van der Waals surface area contributed by atoms with E-state index in [1.165, 1.54) is 12.8 Å². The van der Waals surface area contributed by atoms with E-state index in [1.54, 1.807) is 6.42 Å². The van der Waals surface area contributed by atoms with Gasteiger partial charge in [0.05, 0.1) is 8.07 Å². The Morgan fingerprint density at radius 2 is 1.38 bits per heavy atom. The molecule has 0 aromatic rings. The van der Waals surface area contributed by atoms with Crippen molar-refractivity contribution in [2.75, 3.05) is 0 Å². The molecule has 0 unspecified atom stereocenters. The zero-order valence-electron chi connectivity index (χ0n) is 12.4. The molecule has 1 saturated carbocycles. The van der Waals surface area contributed by atoms with Crippen LogP contribution in [0.1, 0.15) is 67.7 Å². The molecule has 0 aromatic heterocycles. The van der Waals surface area contributed by atoms with Gasteiger partial charge in [-0.25, -0.2) is 0 Å². The molecule has 0 spiro atoms. The monoisotopic (exact) mass is 238 g/mol. The van der Waals surface area contributed by atoms with Crippen molar-refractivity contribution < 1.29 is 0 Å². The largest absolute Gasteiger partial charge is 0.0708 e. The van der Waals surface area contributed by atoms with Crippen LogP contribution in [-0.2, 0) is 0 Å². The minimum Gasteiger partial charge on any atom is -0.0625 e. The summed E-state index contributed by atoms with van der Waals surface area (Å²) in [6, 6.07) is 0. The van der Waals surface area contributed by atoms with E-state index in [9.17, 15) is 0 Å². The standard InChI is InChI=1S/C15H30Si/c1-11-9-8-10-12-13(11)16(12,14(2,3)4)15(5,6)7/h11-13H,8-10H2,1-7H3/t11-,12-,13+/m0/s1. The van der Waals surface area contributed by atoms with E-state index >= 15 is 0 Å². The SMILES string of the molecule is C[C@H]1CCC[C@H]2[C@@H]1[Si]2(C(C)(C)C)C(C)(C)C. The van der Waals surface area contributed by atoms with Crippen LogP contribution in [0.2, 0.25) is 21.2 Å². The second-order valence-electron chi connectivity index (χ2n) is 8.41. The predicted molar refractivity (Wildman–Crippen MR) is 75.7 cm³/mol. The van der Waals surface area contributed by atoms with E-state index in [4.69, 9.17) is 0 Å². The highest BCUT2D eigenvalue weighted by Gasteiger charge is 2.76. The van der Waals surface area contributed by atoms with E-state index in [0.29, 0.717) is 10.1 Å². The first-order chi connectivity index (χ1) is 7.14. The Morgan fingerprint density at radius 1 is 0.875 bits per heavy atom. The fraction of sp³-hybridized carbons (Fsp3) is 1.00. The molecule has 0 bridgehead atoms. The Morgan fingerprint density at radius 3 is 1.75 bits per heavy atom. The van der Waals surface area contributed by atoms with Crippen LogP contribution in [0.5, 0.6) is 0 Å². The third-order valence-corrected chi connectivity index (χ3v) is 14.1. The first-order valence-corrected chi connectivity index (χ1v) is 9.29. The Balaban J connectivity index is 2.41. The molecule has 1 aliphatic heterocycles. The second-order valence-corrected chi connectivity index (χ2v) is 14.6. The van der Waals surface area contributed by atoms with E-state index in [1.807, 2.05) is 0 Å². The summed E-state index contributed by atoms with van der Waals surface area (Å²) in [5.74, 6) is 1.02. The number of rotatable bonds is 0. The maximum Gasteiger partial charge on any atom is 0.0708 e. The summed E-state index contributed by atoms with van der Waals surface area (Å²) in [6.07, 6.45) is 4.56. The Labute approximate surface area is 103 Å². The number of hydrogen-bond acceptors (Lipinski definition) is 0. The average molecular weight is 238 g/mol. The van der Waals surface area contributed by atoms with Gasteiger partial charge < -0.3 is 0 Å². The van der Waals surface area contributed by atoms with E-state index < -0.39 is 8.07 Å². The molecule has 16 heavy (non-hydrogen) atoms. The number of hydrogen-bond donors (Lipinski definition) is 0. The molecule has 1 heteroatoms. The predicted octanol–water partition coefficient (Wildman–Crippen LogP) is 5.61. The summed E-state index contributed by atoms with van der Waals surface area (Å²) in [6.45, 7) is 17.8. The van der Waals surface area contributed by atoms with Crippen molar-refractivity contribution in [1.29, 1.82) is 0 Å². The van der Waals surface area contributed by atoms with Crippen molar-refractivity contribution in [3.8, 4) is 0 Å². The van der Waals surface area contributed by atoms with Crippen molar-refractivity contribution in [3.05, 3.63) is 0 Å². The van der Waals surface area contributed by atoms with Crippen molar-refractivity contribution in [2.24, 2.45) is 5.92 Å². The van der Waals surface area contributed by atoms with Crippen LogP contribution in [-0.4, -0.2) is 8.07 Å². The molecule has 3 atom stereocenters. The molecular weight excluding hydrogens is 208 g/mol. The van der Waals surface area contributed by atoms with Crippen molar-refractivity contribution in [2.45, 2.75) is 88.9 Å². The Bertz CT molecular complexity index is 265. The third kappa shape index (κ3) is 1.39. The quantitative estimate of drug-likeness (QED) is 0.481. The summed E-state index contributed by atoms with van der Waals surface area (Å²) in [5.41, 5.74) is 2.29. The number of fused-ring (bicyclic) bond motifs is 1. The van der Waals surface area contributed by atoms with Crippen LogP contribution in [0.15, 0.2) is 0 Å². The van der Waals surface area contributed by atoms with Crippen LogP contribution < -0.4 is 0 Å². The van der Waals surface area contributed by atoms with Gasteiger partial charge in [0.15, 0.2) is 0 Å². The molecule has 0 amide bonds. The molecular formula is C15H30Si. The van der Waals surface area contributed by atoms with E-state index in [-0.39, 0.29) is 0 Å². The topological polar surface area (TPSA) is 0 Å². The lowest BCUT2D eigenvalue weighted by molar-refractivity contribution is 0.432. The molecule has 94 valence electrons. The first kappa shape index (κ1) is 12.7. The summed E-state index contributed by atoms with van der Waals surface area (Å²) in [5, 5.41) is 1.19. The van der Waals surface area contributed by atoms with Crippen molar-refractivity contribution in [3.63, 3.8) is 0 Å². The molecule has 1 heterocycles. The lowest BCUT2D eigenvalue weighted by Crippen LogP contribution is -2.41. The van der Waals surface area contributed by atoms with Gasteiger partial charge in [-0.3, -0.25) is 0 Å². The van der Waals surface area contributed by atoms with Gasteiger partial charge in [-0.15, -0.1) is 0 Å². The van der Waals surface area contributed by atoms with Gasteiger partial charge in [0.2, 0.25) is 0 Å². The summed E-state index contributed by atoms with van der Waals surface area (Å²) in [7, 11) is -1.12. The first-order valence-electron chi connectivity index (χ1n) is 7.14. The average Bonchev–Trinajstić information content (AvgIpc) is 2.72. The van der Waals surface area contributed by atoms with Crippen LogP contribution in [0.4, 0.5) is 0 Å². The summed E-state index contributed by atoms with van der Waals surface area (Å²) >= 11 is 0. The molecule has 1 aliphatic carbocycles. The maximum atomic E-state index is 2.54. The zero-order chi connectivity index (χ0) is 12.4. The van der Waals surface area contributed by atoms with Gasteiger partial charge in [-0.2, -0.15) is 0 Å². The van der Waals surface area contributed by atoms with E-state index in [0.717, 1.165) is 17.0 Å². The summed E-state index contributed by atoms with van der Waals surface area (Å²) in [4.78, 5) is 0. The van der Waals surface area contributed by atoms with Gasteiger partial charge in [0.25, 0.3) is 0 Å². The minimum atomic E-state index is -1.12. The molecule has 2 fully saturated rings. The van der Waals surface area contributed by atoms with Gasteiger partial charge in [-0.05, 0) is 27.1 Å². The van der Waals surface area contributed by atoms with Gasteiger partial charge in [0, 0.05) is 0 Å². The second kappa shape index (κ2) is 3.37. The van der Waals surface area contributed by atoms with Gasteiger partial charge >= 0.3 is 0 Å². The molecule has 0 nitrogen and oxygen atoms in total. The lowest BCUT2D eigenvalue weighted by atomic mass is 9.91. The normalized spacial score (nSPS) is 38.1. The van der Waals surface area contributed by atoms with Crippen molar-refractivity contribution in [1.82, 2.24) is 0 Å². The molecule has 0 radical (unpaired) electrons. The van der Waals surface area contributed by atoms with Gasteiger partial charge in [0.1, 0.15) is 0 Å². The minimum absolute atomic E-state index is 0.596. The Hall–Kier alpha value is 0.217. The van der Waals surface area contributed by atoms with Crippen LogP contribution >= 0.6 is 0 Å². The molecule has 2 rings (SSSR count). The zero-order valence-corrected chi connectivity index (χ0v) is 13.4. The van der Waals surface area contributed by atoms with Crippen molar-refractivity contribution >= 4 is 8.07 Å². The molecule has 1 saturated heterocycles. The molecule has 0 N–H and O–H groups in total. The van der Waals surface area contributed by atoms with Crippen LogP contribution in [0, 0.1) is 5.92 Å². The smallest absolute Gasteiger partial charge is 0.0625 e.